The van der Waals surface area contributed by atoms with Crippen molar-refractivity contribution in [3.05, 3.63) is 54.1 Å². The molecule has 1 aromatic carbocycles. The third-order valence-corrected chi connectivity index (χ3v) is 7.57. The average Bonchev–Trinajstić information content (AvgIpc) is 3.59. The van der Waals surface area contributed by atoms with Crippen molar-refractivity contribution in [3.63, 3.8) is 0 Å². The lowest BCUT2D eigenvalue weighted by atomic mass is 9.84. The molecule has 4 N–H and O–H groups in total. The lowest BCUT2D eigenvalue weighted by Gasteiger charge is -2.34. The molecular formula is C24H21F2N5O2S. The number of amidine groups is 1. The zero-order valence-electron chi connectivity index (χ0n) is 18.0. The van der Waals surface area contributed by atoms with Crippen molar-refractivity contribution in [1.82, 2.24) is 9.97 Å². The van der Waals surface area contributed by atoms with Crippen molar-refractivity contribution in [2.45, 2.75) is 16.7 Å². The molecular weight excluding hydrogens is 460 g/mol. The van der Waals surface area contributed by atoms with Gasteiger partial charge in [-0.2, -0.15) is 0 Å². The van der Waals surface area contributed by atoms with Crippen molar-refractivity contribution in [2.24, 2.45) is 16.6 Å². The Bertz CT molecular complexity index is 1350. The van der Waals surface area contributed by atoms with Gasteiger partial charge in [0.05, 0.1) is 17.6 Å². The molecule has 2 aliphatic rings. The van der Waals surface area contributed by atoms with Crippen LogP contribution in [0.5, 0.6) is 5.75 Å². The van der Waals surface area contributed by atoms with Crippen LogP contribution in [-0.4, -0.2) is 44.9 Å². The number of aliphatic hydroxyl groups is 1. The maximum absolute atomic E-state index is 15.0. The third-order valence-electron chi connectivity index (χ3n) is 6.28. The molecule has 1 aliphatic carbocycles. The number of rotatable bonds is 7. The lowest BCUT2D eigenvalue weighted by molar-refractivity contribution is 0.231. The molecule has 3 heterocycles. The summed E-state index contributed by atoms with van der Waals surface area (Å²) in [7, 11) is 0. The first-order chi connectivity index (χ1) is 16.4. The summed E-state index contributed by atoms with van der Waals surface area (Å²) in [4.78, 5) is 13.1. The average molecular weight is 482 g/mol. The monoisotopic (exact) mass is 481 g/mol. The maximum atomic E-state index is 15.0. The number of benzene rings is 1. The summed E-state index contributed by atoms with van der Waals surface area (Å²) in [5.74, 6) is 2.41. The molecule has 0 saturated heterocycles. The molecule has 3 atom stereocenters. The molecule has 0 radical (unpaired) electrons. The number of nitrogens with one attached hydrogen (secondary N) is 1. The van der Waals surface area contributed by atoms with Gasteiger partial charge < -0.3 is 20.9 Å². The number of alkyl halides is 1. The van der Waals surface area contributed by atoms with E-state index in [1.54, 1.807) is 24.5 Å². The number of aliphatic imine (C=N–C) groups is 1. The number of thioether (sulfide) groups is 1. The Kier molecular flexibility index (Phi) is 5.54. The molecule has 34 heavy (non-hydrogen) atoms. The molecule has 0 bridgehead atoms. The summed E-state index contributed by atoms with van der Waals surface area (Å²) in [5.41, 5.74) is 5.62. The van der Waals surface area contributed by atoms with Gasteiger partial charge in [-0.1, -0.05) is 17.7 Å². The Morgan fingerprint density at radius 1 is 1.32 bits per heavy atom. The summed E-state index contributed by atoms with van der Waals surface area (Å²) in [6, 6.07) is 7.89. The molecule has 0 unspecified atom stereocenters. The van der Waals surface area contributed by atoms with Crippen molar-refractivity contribution in [3.8, 4) is 18.1 Å². The van der Waals surface area contributed by atoms with Gasteiger partial charge in [0.2, 0.25) is 0 Å². The van der Waals surface area contributed by atoms with Crippen LogP contribution in [0.4, 0.5) is 20.3 Å². The number of anilines is 2. The fourth-order valence-corrected chi connectivity index (χ4v) is 5.84. The second-order valence-electron chi connectivity index (χ2n) is 8.30. The molecule has 5 rings (SSSR count). The fraction of sp³-hybridized carbons (Fsp3) is 0.292. The van der Waals surface area contributed by atoms with Gasteiger partial charge in [0.25, 0.3) is 0 Å². The van der Waals surface area contributed by atoms with Crippen molar-refractivity contribution in [2.75, 3.05) is 25.2 Å². The van der Waals surface area contributed by atoms with Gasteiger partial charge in [0.1, 0.15) is 35.9 Å². The van der Waals surface area contributed by atoms with Crippen molar-refractivity contribution >= 4 is 39.3 Å². The van der Waals surface area contributed by atoms with Gasteiger partial charge in [0.15, 0.2) is 11.0 Å². The highest BCUT2D eigenvalue weighted by molar-refractivity contribution is 8.15. The maximum Gasteiger partial charge on any atom is 0.156 e. The summed E-state index contributed by atoms with van der Waals surface area (Å²) < 4.78 is 34.4. The van der Waals surface area contributed by atoms with Gasteiger partial charge in [0, 0.05) is 28.8 Å². The van der Waals surface area contributed by atoms with E-state index < -0.39 is 22.8 Å². The molecule has 3 aromatic rings. The Balaban J connectivity index is 1.51. The Morgan fingerprint density at radius 3 is 2.94 bits per heavy atom. The van der Waals surface area contributed by atoms with E-state index in [1.807, 2.05) is 0 Å². The van der Waals surface area contributed by atoms with Crippen LogP contribution < -0.4 is 15.8 Å². The topological polar surface area (TPSA) is 106 Å². The van der Waals surface area contributed by atoms with E-state index in [-0.39, 0.29) is 29.9 Å². The van der Waals surface area contributed by atoms with E-state index in [4.69, 9.17) is 16.9 Å². The zero-order valence-corrected chi connectivity index (χ0v) is 18.8. The molecule has 1 saturated carbocycles. The van der Waals surface area contributed by atoms with E-state index in [0.29, 0.717) is 29.2 Å². The normalized spacial score (nSPS) is 25.2. The van der Waals surface area contributed by atoms with Crippen molar-refractivity contribution < 1.29 is 18.6 Å². The van der Waals surface area contributed by atoms with Crippen LogP contribution in [0.25, 0.3) is 10.9 Å². The summed E-state index contributed by atoms with van der Waals surface area (Å²) in [5, 5.41) is 13.9. The van der Waals surface area contributed by atoms with E-state index in [1.165, 1.54) is 30.0 Å². The quantitative estimate of drug-likeness (QED) is 0.444. The van der Waals surface area contributed by atoms with Crippen LogP contribution in [0, 0.1) is 24.1 Å². The number of halogens is 2. The number of fused-ring (bicyclic) bond motifs is 2. The molecule has 2 aromatic heterocycles. The first-order valence-corrected chi connectivity index (χ1v) is 11.4. The van der Waals surface area contributed by atoms with Gasteiger partial charge in [-0.3, -0.25) is 0 Å². The molecule has 0 spiro atoms. The van der Waals surface area contributed by atoms with E-state index >= 15 is 4.39 Å². The summed E-state index contributed by atoms with van der Waals surface area (Å²) >= 11 is 1.23. The standard InChI is InChI=1S/C24H21F2N5O2S/c1-2-7-33-16-8-14-5-6-28-21(20(14)29-11-16)30-15-3-4-18(26)17(9-15)24(12-25)19-10-23(19,13-32)34-22(27)31-24/h1,3-6,8-9,11,19,32H,7,10,12-13H2,(H2,27,31)(H,28,30)/t19-,23-,24-/m1/s1. The second kappa shape index (κ2) is 8.42. The number of aliphatic hydroxyl groups excluding tert-OH is 1. The first-order valence-electron chi connectivity index (χ1n) is 10.5. The highest BCUT2D eigenvalue weighted by Gasteiger charge is 2.68. The van der Waals surface area contributed by atoms with E-state index in [2.05, 4.69) is 26.2 Å². The SMILES string of the molecule is C#CCOc1cnc2c(Nc3ccc(F)c([C@@]4(CF)N=C(N)S[C@@]5(CO)C[C@H]54)c3)nccc2c1. The summed E-state index contributed by atoms with van der Waals surface area (Å²) in [6.07, 6.45) is 8.88. The molecule has 1 fully saturated rings. The third kappa shape index (κ3) is 3.61. The molecule has 10 heteroatoms. The number of nitrogens with two attached hydrogens (primary N) is 1. The molecule has 0 amide bonds. The molecule has 1 aliphatic heterocycles. The van der Waals surface area contributed by atoms with Gasteiger partial charge in [-0.05, 0) is 36.8 Å². The van der Waals surface area contributed by atoms with Crippen LogP contribution in [0.15, 0.2) is 47.7 Å². The predicted octanol–water partition coefficient (Wildman–Crippen LogP) is 3.50. The second-order valence-corrected chi connectivity index (χ2v) is 9.74. The molecule has 7 nitrogen and oxygen atoms in total. The van der Waals surface area contributed by atoms with E-state index in [0.717, 1.165) is 5.39 Å². The van der Waals surface area contributed by atoms with Crippen LogP contribution in [0.3, 0.4) is 0 Å². The minimum atomic E-state index is -1.49. The van der Waals surface area contributed by atoms with Gasteiger partial charge in [-0.15, -0.1) is 6.42 Å². The van der Waals surface area contributed by atoms with Crippen LogP contribution in [0.2, 0.25) is 0 Å². The number of terminal acetylenes is 1. The number of pyridine rings is 2. The van der Waals surface area contributed by atoms with Crippen LogP contribution in [-0.2, 0) is 5.54 Å². The highest BCUT2D eigenvalue weighted by atomic mass is 32.2. The number of nitrogens with zero attached hydrogens (tertiary/aromatic N) is 3. The number of aromatic nitrogens is 2. The lowest BCUT2D eigenvalue weighted by Crippen LogP contribution is -2.41. The first kappa shape index (κ1) is 22.4. The number of ether oxygens (including phenoxy) is 1. The van der Waals surface area contributed by atoms with Crippen LogP contribution in [0.1, 0.15) is 12.0 Å². The Hall–Kier alpha value is -3.42. The van der Waals surface area contributed by atoms with Gasteiger partial charge >= 0.3 is 0 Å². The fourth-order valence-electron chi connectivity index (χ4n) is 4.57. The number of hydrogen-bond acceptors (Lipinski definition) is 8. The smallest absolute Gasteiger partial charge is 0.156 e. The Morgan fingerprint density at radius 2 is 2.18 bits per heavy atom. The number of hydrogen-bond donors (Lipinski definition) is 3. The van der Waals surface area contributed by atoms with Crippen LogP contribution >= 0.6 is 11.8 Å². The van der Waals surface area contributed by atoms with E-state index in [9.17, 15) is 9.50 Å². The minimum Gasteiger partial charge on any atom is -0.479 e. The summed E-state index contributed by atoms with van der Waals surface area (Å²) in [6.45, 7) is -0.990. The van der Waals surface area contributed by atoms with Crippen molar-refractivity contribution in [1.29, 1.82) is 0 Å². The minimum absolute atomic E-state index is 0.0849. The van der Waals surface area contributed by atoms with Gasteiger partial charge in [-0.25, -0.2) is 23.7 Å². The predicted molar refractivity (Wildman–Crippen MR) is 128 cm³/mol. The molecule has 174 valence electrons. The highest BCUT2D eigenvalue weighted by Crippen LogP contribution is 2.65. The largest absolute Gasteiger partial charge is 0.479 e. The zero-order chi connectivity index (χ0) is 23.9. The Labute approximate surface area is 198 Å².